The number of halogens is 1. The summed E-state index contributed by atoms with van der Waals surface area (Å²) in [5, 5.41) is 0. The maximum absolute atomic E-state index is 13.2. The van der Waals surface area contributed by atoms with Crippen LogP contribution in [0.15, 0.2) is 42.5 Å². The smallest absolute Gasteiger partial charge is 0.223 e. The summed E-state index contributed by atoms with van der Waals surface area (Å²) in [7, 11) is 1.64. The van der Waals surface area contributed by atoms with Crippen LogP contribution in [0.2, 0.25) is 0 Å². The van der Waals surface area contributed by atoms with Crippen LogP contribution in [0.5, 0.6) is 11.5 Å². The molecule has 1 aliphatic heterocycles. The maximum atomic E-state index is 13.2. The van der Waals surface area contributed by atoms with Gasteiger partial charge in [0.25, 0.3) is 0 Å². The van der Waals surface area contributed by atoms with Crippen LogP contribution in [0.4, 0.5) is 4.39 Å². The van der Waals surface area contributed by atoms with Gasteiger partial charge in [0.15, 0.2) is 17.3 Å². The Morgan fingerprint density at radius 1 is 1.04 bits per heavy atom. The van der Waals surface area contributed by atoms with Crippen LogP contribution in [-0.4, -0.2) is 36.9 Å². The second-order valence-electron chi connectivity index (χ2n) is 6.16. The molecule has 0 aliphatic carbocycles. The predicted molar refractivity (Wildman–Crippen MR) is 93.9 cm³/mol. The summed E-state index contributed by atoms with van der Waals surface area (Å²) in [6, 6.07) is 11.1. The van der Waals surface area contributed by atoms with E-state index in [1.165, 1.54) is 17.0 Å². The third-order valence-electron chi connectivity index (χ3n) is 4.16. The molecule has 0 saturated heterocycles. The Labute approximate surface area is 151 Å². The average Bonchev–Trinajstić information content (AvgIpc) is 2.65. The van der Waals surface area contributed by atoms with E-state index < -0.39 is 0 Å². The number of benzene rings is 2. The highest BCUT2D eigenvalue weighted by Crippen LogP contribution is 2.31. The lowest BCUT2D eigenvalue weighted by Gasteiger charge is -2.19. The van der Waals surface area contributed by atoms with E-state index in [0.717, 1.165) is 0 Å². The van der Waals surface area contributed by atoms with Crippen LogP contribution in [0.3, 0.4) is 0 Å². The predicted octanol–water partition coefficient (Wildman–Crippen LogP) is 3.22. The monoisotopic (exact) mass is 357 g/mol. The highest BCUT2D eigenvalue weighted by molar-refractivity contribution is 5.98. The first-order valence-electron chi connectivity index (χ1n) is 8.44. The normalized spacial score (nSPS) is 12.5. The molecule has 136 valence electrons. The van der Waals surface area contributed by atoms with E-state index in [0.29, 0.717) is 42.4 Å². The summed E-state index contributed by atoms with van der Waals surface area (Å²) >= 11 is 0. The zero-order chi connectivity index (χ0) is 18.5. The maximum Gasteiger partial charge on any atom is 0.223 e. The molecule has 0 unspecified atom stereocenters. The zero-order valence-corrected chi connectivity index (χ0v) is 14.5. The molecular weight excluding hydrogens is 337 g/mol. The van der Waals surface area contributed by atoms with E-state index in [2.05, 4.69) is 0 Å². The van der Waals surface area contributed by atoms with Gasteiger partial charge >= 0.3 is 0 Å². The molecule has 6 heteroatoms. The number of Topliss-reactive ketones (excluding diaryl/α,β-unsaturated/α-hetero) is 1. The molecule has 26 heavy (non-hydrogen) atoms. The van der Waals surface area contributed by atoms with Crippen LogP contribution in [0.25, 0.3) is 0 Å². The van der Waals surface area contributed by atoms with Gasteiger partial charge in [-0.15, -0.1) is 0 Å². The summed E-state index contributed by atoms with van der Waals surface area (Å²) in [5.74, 6) is 0.544. The number of carbonyl (C=O) groups is 2. The fourth-order valence-corrected chi connectivity index (χ4v) is 2.77. The lowest BCUT2D eigenvalue weighted by atomic mass is 10.1. The lowest BCUT2D eigenvalue weighted by Crippen LogP contribution is -2.26. The number of hydrogen-bond acceptors (Lipinski definition) is 4. The zero-order valence-electron chi connectivity index (χ0n) is 14.5. The molecule has 5 nitrogen and oxygen atoms in total. The number of rotatable bonds is 6. The van der Waals surface area contributed by atoms with Crippen molar-refractivity contribution in [3.05, 3.63) is 59.4 Å². The van der Waals surface area contributed by atoms with Crippen molar-refractivity contribution >= 4 is 11.7 Å². The summed E-state index contributed by atoms with van der Waals surface area (Å²) in [5.41, 5.74) is 1.20. The number of amides is 1. The minimum absolute atomic E-state index is 0.0963. The van der Waals surface area contributed by atoms with Gasteiger partial charge in [0.2, 0.25) is 5.91 Å². The minimum Gasteiger partial charge on any atom is -0.486 e. The molecule has 0 atom stereocenters. The first-order chi connectivity index (χ1) is 12.5. The molecule has 0 aromatic heterocycles. The van der Waals surface area contributed by atoms with Crippen LogP contribution < -0.4 is 9.47 Å². The van der Waals surface area contributed by atoms with E-state index in [4.69, 9.17) is 9.47 Å². The minimum atomic E-state index is -0.336. The summed E-state index contributed by atoms with van der Waals surface area (Å²) in [6.07, 6.45) is 0.199. The van der Waals surface area contributed by atoms with Gasteiger partial charge in [-0.1, -0.05) is 12.1 Å². The Hall–Kier alpha value is -2.89. The van der Waals surface area contributed by atoms with Gasteiger partial charge in [-0.3, -0.25) is 9.59 Å². The van der Waals surface area contributed by atoms with Crippen molar-refractivity contribution < 1.29 is 23.5 Å². The second-order valence-corrected chi connectivity index (χ2v) is 6.16. The molecule has 0 N–H and O–H groups in total. The number of ether oxygens (including phenoxy) is 2. The van der Waals surface area contributed by atoms with Crippen molar-refractivity contribution in [2.45, 2.75) is 19.4 Å². The molecule has 0 fully saturated rings. The number of fused-ring (bicyclic) bond motifs is 1. The van der Waals surface area contributed by atoms with Crippen LogP contribution >= 0.6 is 0 Å². The lowest BCUT2D eigenvalue weighted by molar-refractivity contribution is -0.130. The Kier molecular flexibility index (Phi) is 5.51. The van der Waals surface area contributed by atoms with Gasteiger partial charge in [-0.05, 0) is 35.9 Å². The van der Waals surface area contributed by atoms with Gasteiger partial charge in [0.1, 0.15) is 19.0 Å². The topological polar surface area (TPSA) is 55.8 Å². The molecule has 2 aromatic rings. The third-order valence-corrected chi connectivity index (χ3v) is 4.16. The number of hydrogen-bond donors (Lipinski definition) is 0. The quantitative estimate of drug-likeness (QED) is 0.745. The van der Waals surface area contributed by atoms with Gasteiger partial charge in [0, 0.05) is 32.0 Å². The van der Waals surface area contributed by atoms with Crippen LogP contribution in [0, 0.1) is 5.82 Å². The molecule has 0 spiro atoms. The standard InChI is InChI=1S/C20H20FNO4/c1-22(13-14-3-2-4-16(21)11-14)20(24)8-6-17(23)15-5-7-18-19(12-15)26-10-9-25-18/h2-5,7,11-12H,6,8-10,13H2,1H3. The van der Waals surface area contributed by atoms with E-state index in [9.17, 15) is 14.0 Å². The van der Waals surface area contributed by atoms with Crippen LogP contribution in [0.1, 0.15) is 28.8 Å². The van der Waals surface area contributed by atoms with Gasteiger partial charge in [-0.25, -0.2) is 4.39 Å². The number of carbonyl (C=O) groups excluding carboxylic acids is 2. The second kappa shape index (κ2) is 7.99. The van der Waals surface area contributed by atoms with Crippen molar-refractivity contribution in [2.24, 2.45) is 0 Å². The average molecular weight is 357 g/mol. The summed E-state index contributed by atoms with van der Waals surface area (Å²) < 4.78 is 24.1. The van der Waals surface area contributed by atoms with Crippen LogP contribution in [-0.2, 0) is 11.3 Å². The van der Waals surface area contributed by atoms with E-state index >= 15 is 0 Å². The molecule has 0 saturated carbocycles. The van der Waals surface area contributed by atoms with Crippen molar-refractivity contribution in [3.63, 3.8) is 0 Å². The van der Waals surface area contributed by atoms with E-state index in [-0.39, 0.29) is 30.3 Å². The molecule has 1 heterocycles. The van der Waals surface area contributed by atoms with Gasteiger partial charge in [-0.2, -0.15) is 0 Å². The molecule has 1 amide bonds. The summed E-state index contributed by atoms with van der Waals surface area (Å²) in [6.45, 7) is 1.25. The SMILES string of the molecule is CN(Cc1cccc(F)c1)C(=O)CCC(=O)c1ccc2c(c1)OCCO2. The van der Waals surface area contributed by atoms with Crippen molar-refractivity contribution in [1.82, 2.24) is 4.90 Å². The molecular formula is C20H20FNO4. The van der Waals surface area contributed by atoms with Crippen molar-refractivity contribution in [1.29, 1.82) is 0 Å². The Morgan fingerprint density at radius 3 is 2.58 bits per heavy atom. The molecule has 1 aliphatic rings. The van der Waals surface area contributed by atoms with Crippen molar-refractivity contribution in [3.8, 4) is 11.5 Å². The molecule has 0 bridgehead atoms. The van der Waals surface area contributed by atoms with Gasteiger partial charge < -0.3 is 14.4 Å². The number of nitrogens with zero attached hydrogens (tertiary/aromatic N) is 1. The highest BCUT2D eigenvalue weighted by Gasteiger charge is 2.17. The highest BCUT2D eigenvalue weighted by atomic mass is 19.1. The molecule has 3 rings (SSSR count). The molecule has 0 radical (unpaired) electrons. The number of ketones is 1. The van der Waals surface area contributed by atoms with Crippen molar-refractivity contribution in [2.75, 3.05) is 20.3 Å². The largest absolute Gasteiger partial charge is 0.486 e. The third kappa shape index (κ3) is 4.39. The van der Waals surface area contributed by atoms with E-state index in [1.807, 2.05) is 0 Å². The Morgan fingerprint density at radius 2 is 1.81 bits per heavy atom. The fraction of sp³-hybridized carbons (Fsp3) is 0.300. The van der Waals surface area contributed by atoms with Gasteiger partial charge in [0.05, 0.1) is 0 Å². The summed E-state index contributed by atoms with van der Waals surface area (Å²) in [4.78, 5) is 26.1. The fourth-order valence-electron chi connectivity index (χ4n) is 2.77. The Balaban J connectivity index is 1.54. The Bertz CT molecular complexity index is 821. The first-order valence-corrected chi connectivity index (χ1v) is 8.44. The van der Waals surface area contributed by atoms with E-state index in [1.54, 1.807) is 37.4 Å². The first kappa shape index (κ1) is 17.9. The molecule has 2 aromatic carbocycles.